The predicted molar refractivity (Wildman–Crippen MR) is 103 cm³/mol. The number of carbonyl (C=O) groups is 2. The van der Waals surface area contributed by atoms with E-state index in [0.717, 1.165) is 37.2 Å². The normalized spacial score (nSPS) is 26.9. The first-order valence-electron chi connectivity index (χ1n) is 10.2. The number of aliphatic hydroxyl groups is 1. The van der Waals surface area contributed by atoms with Crippen molar-refractivity contribution < 1.29 is 24.4 Å². The molecule has 1 aromatic rings. The summed E-state index contributed by atoms with van der Waals surface area (Å²) in [6, 6.07) is 5.61. The van der Waals surface area contributed by atoms with Gasteiger partial charge in [0.25, 0.3) is 5.91 Å². The highest BCUT2D eigenvalue weighted by molar-refractivity contribution is 6.01. The Labute approximate surface area is 165 Å². The number of nitrogens with one attached hydrogen (secondary N) is 1. The molecule has 1 saturated carbocycles. The van der Waals surface area contributed by atoms with E-state index in [2.05, 4.69) is 23.7 Å². The summed E-state index contributed by atoms with van der Waals surface area (Å²) in [6.45, 7) is 6.81. The molecule has 0 aromatic heterocycles. The Morgan fingerprint density at radius 3 is 2.64 bits per heavy atom. The molecule has 0 bridgehead atoms. The molecular weight excluding hydrogens is 358 g/mol. The molecule has 4 rings (SSSR count). The van der Waals surface area contributed by atoms with E-state index >= 15 is 0 Å². The molecule has 28 heavy (non-hydrogen) atoms. The van der Waals surface area contributed by atoms with Crippen LogP contribution in [0.2, 0.25) is 0 Å². The number of ether oxygens (including phenoxy) is 1. The fourth-order valence-electron chi connectivity index (χ4n) is 4.52. The molecule has 2 heterocycles. The van der Waals surface area contributed by atoms with Gasteiger partial charge in [-0.3, -0.25) is 9.69 Å². The molecular formula is C21H28N3O4+. The molecule has 1 unspecified atom stereocenters. The summed E-state index contributed by atoms with van der Waals surface area (Å²) in [5, 5.41) is 10.1. The van der Waals surface area contributed by atoms with Crippen LogP contribution >= 0.6 is 0 Å². The van der Waals surface area contributed by atoms with Crippen LogP contribution in [0.1, 0.15) is 55.5 Å². The molecule has 1 aromatic carbocycles. The Hall–Kier alpha value is -2.41. The predicted octanol–water partition coefficient (Wildman–Crippen LogP) is 0.620. The molecule has 7 nitrogen and oxygen atoms in total. The summed E-state index contributed by atoms with van der Waals surface area (Å²) in [5.41, 5.74) is 1.55. The number of likely N-dealkylation sites (N-methyl/N-ethyl adjacent to an activating group) is 1. The number of fused-ring (bicyclic) bond motifs is 1. The van der Waals surface area contributed by atoms with Gasteiger partial charge in [0.15, 0.2) is 6.04 Å². The van der Waals surface area contributed by atoms with Crippen molar-refractivity contribution in [1.29, 1.82) is 0 Å². The number of carbonyl (C=O) groups excluding carboxylic acids is 2. The van der Waals surface area contributed by atoms with Gasteiger partial charge in [0.2, 0.25) is 0 Å². The standard InChI is InChI=1S/C21H27N3O4/c1-3-23(4-2)16-7-9-18(16)28-14-5-6-15-13(11-14)12-24(21(15)27)17-8-10-19(25)22-20(17)26/h5-6,11,16-18H,3-4,7-10,12H2,1-2H3,(H,22,25,26)/p+1/t16-,17?,18-/m0/s1. The van der Waals surface area contributed by atoms with Crippen molar-refractivity contribution in [2.75, 3.05) is 13.1 Å². The molecule has 0 saturated heterocycles. The van der Waals surface area contributed by atoms with E-state index in [1.165, 1.54) is 0 Å². The van der Waals surface area contributed by atoms with Crippen molar-refractivity contribution in [2.45, 2.75) is 64.3 Å². The highest BCUT2D eigenvalue weighted by Gasteiger charge is 2.41. The van der Waals surface area contributed by atoms with Gasteiger partial charge in [0.05, 0.1) is 6.42 Å². The van der Waals surface area contributed by atoms with Crippen LogP contribution in [-0.4, -0.2) is 63.9 Å². The summed E-state index contributed by atoms with van der Waals surface area (Å²) in [6.07, 6.45) is 3.14. The van der Waals surface area contributed by atoms with Crippen molar-refractivity contribution in [2.24, 2.45) is 0 Å². The Balaban J connectivity index is 1.47. The lowest BCUT2D eigenvalue weighted by Gasteiger charge is -2.43. The molecule has 2 N–H and O–H groups in total. The molecule has 7 heteroatoms. The summed E-state index contributed by atoms with van der Waals surface area (Å²) in [4.78, 5) is 30.7. The van der Waals surface area contributed by atoms with E-state index in [1.54, 1.807) is 4.90 Å². The number of benzene rings is 1. The molecule has 3 aliphatic rings. The van der Waals surface area contributed by atoms with Gasteiger partial charge in [0.1, 0.15) is 11.9 Å². The summed E-state index contributed by atoms with van der Waals surface area (Å²) in [7, 11) is 0. The van der Waals surface area contributed by atoms with Crippen LogP contribution in [0.3, 0.4) is 0 Å². The topological polar surface area (TPSA) is 84.1 Å². The molecule has 3 atom stereocenters. The zero-order valence-corrected chi connectivity index (χ0v) is 16.5. The van der Waals surface area contributed by atoms with Gasteiger partial charge in [-0.2, -0.15) is 0 Å². The Kier molecular flexibility index (Phi) is 5.10. The first kappa shape index (κ1) is 18.9. The zero-order chi connectivity index (χ0) is 19.8. The van der Waals surface area contributed by atoms with Crippen molar-refractivity contribution in [3.05, 3.63) is 29.3 Å². The maximum Gasteiger partial charge on any atom is 0.388 e. The van der Waals surface area contributed by atoms with Gasteiger partial charge in [-0.25, -0.2) is 4.79 Å². The Morgan fingerprint density at radius 1 is 1.21 bits per heavy atom. The second-order valence-electron chi connectivity index (χ2n) is 7.76. The average molecular weight is 386 g/mol. The van der Waals surface area contributed by atoms with E-state index < -0.39 is 6.04 Å². The molecule has 2 aliphatic heterocycles. The van der Waals surface area contributed by atoms with Crippen molar-refractivity contribution in [3.8, 4) is 5.75 Å². The zero-order valence-electron chi connectivity index (χ0n) is 16.5. The van der Waals surface area contributed by atoms with Crippen LogP contribution in [-0.2, 0) is 11.3 Å². The number of rotatable bonds is 6. The van der Waals surface area contributed by atoms with Crippen molar-refractivity contribution >= 4 is 17.7 Å². The van der Waals surface area contributed by atoms with E-state index in [4.69, 9.17) is 4.74 Å². The number of aliphatic hydroxyl groups excluding tert-OH is 1. The van der Waals surface area contributed by atoms with Gasteiger partial charge in [0, 0.05) is 18.2 Å². The first-order chi connectivity index (χ1) is 13.5. The minimum absolute atomic E-state index is 0.112. The lowest BCUT2D eigenvalue weighted by molar-refractivity contribution is -0.394. The highest BCUT2D eigenvalue weighted by Crippen LogP contribution is 2.33. The van der Waals surface area contributed by atoms with Crippen LogP contribution in [0.4, 0.5) is 0 Å². The molecule has 1 fully saturated rings. The Morgan fingerprint density at radius 2 is 2.00 bits per heavy atom. The van der Waals surface area contributed by atoms with E-state index in [9.17, 15) is 14.7 Å². The van der Waals surface area contributed by atoms with E-state index in [-0.39, 0.29) is 23.8 Å². The number of hydrogen-bond donors (Lipinski definition) is 2. The second kappa shape index (κ2) is 7.54. The lowest BCUT2D eigenvalue weighted by Crippen LogP contribution is -2.82. The van der Waals surface area contributed by atoms with Gasteiger partial charge in [-0.1, -0.05) is 13.8 Å². The fraction of sp³-hybridized carbons (Fsp3) is 0.571. The van der Waals surface area contributed by atoms with Crippen LogP contribution in [0.15, 0.2) is 18.2 Å². The quantitative estimate of drug-likeness (QED) is 0.749. The molecule has 1 aliphatic carbocycles. The van der Waals surface area contributed by atoms with Crippen LogP contribution in [0, 0.1) is 0 Å². The molecule has 0 radical (unpaired) electrons. The summed E-state index contributed by atoms with van der Waals surface area (Å²) in [5.74, 6) is 0.335. The largest absolute Gasteiger partial charge is 0.489 e. The average Bonchev–Trinajstić information content (AvgIpc) is 2.99. The SMILES string of the molecule is CCN(CC)[C@H]1CC[C@@H]1Oc1ccc2c(c1)CN(C1CCC(=O)[NH+]=C1O)C2=O. The lowest BCUT2D eigenvalue weighted by atomic mass is 9.87. The number of hydrogen-bond acceptors (Lipinski definition) is 4. The van der Waals surface area contributed by atoms with Gasteiger partial charge in [-0.05, 0) is 56.1 Å². The highest BCUT2D eigenvalue weighted by atomic mass is 16.5. The maximum absolute atomic E-state index is 12.8. The number of amides is 2. The van der Waals surface area contributed by atoms with Crippen molar-refractivity contribution in [3.63, 3.8) is 0 Å². The van der Waals surface area contributed by atoms with Crippen LogP contribution in [0.5, 0.6) is 5.75 Å². The molecule has 2 amide bonds. The maximum atomic E-state index is 12.8. The van der Waals surface area contributed by atoms with Crippen LogP contribution < -0.4 is 9.73 Å². The van der Waals surface area contributed by atoms with Gasteiger partial charge >= 0.3 is 11.8 Å². The molecule has 150 valence electrons. The second-order valence-corrected chi connectivity index (χ2v) is 7.76. The van der Waals surface area contributed by atoms with Gasteiger partial charge < -0.3 is 14.7 Å². The third-order valence-corrected chi connectivity index (χ3v) is 6.26. The third-order valence-electron chi connectivity index (χ3n) is 6.26. The first-order valence-corrected chi connectivity index (χ1v) is 10.2. The van der Waals surface area contributed by atoms with Crippen LogP contribution in [0.25, 0.3) is 0 Å². The Bertz CT molecular complexity index is 818. The minimum Gasteiger partial charge on any atom is -0.489 e. The third kappa shape index (κ3) is 3.28. The van der Waals surface area contributed by atoms with E-state index in [1.807, 2.05) is 18.2 Å². The molecule has 0 spiro atoms. The monoisotopic (exact) mass is 386 g/mol. The van der Waals surface area contributed by atoms with Gasteiger partial charge in [-0.15, -0.1) is 4.99 Å². The minimum atomic E-state index is -0.472. The van der Waals surface area contributed by atoms with Crippen molar-refractivity contribution in [1.82, 2.24) is 9.80 Å². The summed E-state index contributed by atoms with van der Waals surface area (Å²) >= 11 is 0. The smallest absolute Gasteiger partial charge is 0.388 e. The number of nitrogens with zero attached hydrogens (tertiary/aromatic N) is 2. The van der Waals surface area contributed by atoms with E-state index in [0.29, 0.717) is 31.0 Å². The fourth-order valence-corrected chi connectivity index (χ4v) is 4.52. The summed E-state index contributed by atoms with van der Waals surface area (Å²) < 4.78 is 6.24.